The van der Waals surface area contributed by atoms with Crippen LogP contribution in [0.25, 0.3) is 0 Å². The Morgan fingerprint density at radius 2 is 2.10 bits per heavy atom. The molecule has 112 valence electrons. The number of ether oxygens (including phenoxy) is 2. The van der Waals surface area contributed by atoms with Gasteiger partial charge in [-0.3, -0.25) is 0 Å². The van der Waals surface area contributed by atoms with E-state index in [9.17, 15) is 13.2 Å². The summed E-state index contributed by atoms with van der Waals surface area (Å²) in [4.78, 5) is 0. The number of hydrogen-bond acceptors (Lipinski definition) is 3. The summed E-state index contributed by atoms with van der Waals surface area (Å²) in [6, 6.07) is 3.50. The van der Waals surface area contributed by atoms with Crippen molar-refractivity contribution < 1.29 is 22.6 Å². The van der Waals surface area contributed by atoms with Crippen molar-refractivity contribution in [3.05, 3.63) is 28.2 Å². The van der Waals surface area contributed by atoms with Crippen molar-refractivity contribution in [3.63, 3.8) is 0 Å². The molecule has 0 amide bonds. The fourth-order valence-corrected chi connectivity index (χ4v) is 2.44. The van der Waals surface area contributed by atoms with Crippen molar-refractivity contribution in [1.82, 2.24) is 0 Å². The molecule has 3 nitrogen and oxygen atoms in total. The van der Waals surface area contributed by atoms with Crippen molar-refractivity contribution in [2.24, 2.45) is 0 Å². The van der Waals surface area contributed by atoms with Crippen molar-refractivity contribution >= 4 is 21.6 Å². The van der Waals surface area contributed by atoms with Gasteiger partial charge in [-0.25, -0.2) is 0 Å². The van der Waals surface area contributed by atoms with Gasteiger partial charge in [0.15, 0.2) is 5.79 Å². The molecule has 1 saturated heterocycles. The van der Waals surface area contributed by atoms with Crippen LogP contribution in [-0.4, -0.2) is 25.0 Å². The topological polar surface area (TPSA) is 30.5 Å². The second-order valence-electron chi connectivity index (χ2n) is 5.02. The minimum Gasteiger partial charge on any atom is -0.381 e. The molecule has 2 rings (SSSR count). The third kappa shape index (κ3) is 3.86. The van der Waals surface area contributed by atoms with Crippen LogP contribution in [0.2, 0.25) is 0 Å². The van der Waals surface area contributed by atoms with Gasteiger partial charge in [0, 0.05) is 16.7 Å². The standard InChI is InChI=1S/C13H15BrF3NO2/c1-12(2)19-7-9(20-12)6-18-11-4-3-8(5-10(11)14)13(15,16)17/h3-5,9,18H,6-7H2,1-2H3. The first-order valence-corrected chi connectivity index (χ1v) is 6.89. The molecule has 1 N–H and O–H groups in total. The quantitative estimate of drug-likeness (QED) is 0.889. The molecule has 0 spiro atoms. The van der Waals surface area contributed by atoms with Crippen LogP contribution in [0.1, 0.15) is 19.4 Å². The Kier molecular flexibility index (Phi) is 4.32. The normalized spacial score (nSPS) is 22.0. The predicted octanol–water partition coefficient (Wildman–Crippen LogP) is 4.03. The molecule has 0 aromatic heterocycles. The van der Waals surface area contributed by atoms with Crippen molar-refractivity contribution in [2.45, 2.75) is 31.9 Å². The monoisotopic (exact) mass is 353 g/mol. The van der Waals surface area contributed by atoms with E-state index < -0.39 is 17.5 Å². The molecule has 1 fully saturated rings. The molecule has 1 heterocycles. The molecule has 20 heavy (non-hydrogen) atoms. The maximum Gasteiger partial charge on any atom is 0.416 e. The van der Waals surface area contributed by atoms with E-state index in [0.29, 0.717) is 23.3 Å². The van der Waals surface area contributed by atoms with Gasteiger partial charge in [-0.15, -0.1) is 0 Å². The maximum absolute atomic E-state index is 12.5. The number of halogens is 4. The number of benzene rings is 1. The molecule has 0 saturated carbocycles. The van der Waals surface area contributed by atoms with E-state index >= 15 is 0 Å². The van der Waals surface area contributed by atoms with E-state index in [1.54, 1.807) is 0 Å². The summed E-state index contributed by atoms with van der Waals surface area (Å²) in [7, 11) is 0. The van der Waals surface area contributed by atoms with Gasteiger partial charge in [0.1, 0.15) is 6.10 Å². The van der Waals surface area contributed by atoms with Crippen LogP contribution in [0.3, 0.4) is 0 Å². The van der Waals surface area contributed by atoms with Crippen molar-refractivity contribution in [3.8, 4) is 0 Å². The lowest BCUT2D eigenvalue weighted by Gasteiger charge is -2.18. The Bertz CT molecular complexity index is 491. The molecule has 0 aliphatic carbocycles. The summed E-state index contributed by atoms with van der Waals surface area (Å²) >= 11 is 3.14. The molecule has 7 heteroatoms. The molecule has 1 aromatic rings. The molecular weight excluding hydrogens is 339 g/mol. The summed E-state index contributed by atoms with van der Waals surface area (Å²) in [5.41, 5.74) is -0.0946. The highest BCUT2D eigenvalue weighted by atomic mass is 79.9. The van der Waals surface area contributed by atoms with Crippen LogP contribution < -0.4 is 5.32 Å². The van der Waals surface area contributed by atoms with E-state index in [4.69, 9.17) is 9.47 Å². The van der Waals surface area contributed by atoms with Gasteiger partial charge in [-0.05, 0) is 48.0 Å². The van der Waals surface area contributed by atoms with Gasteiger partial charge in [0.2, 0.25) is 0 Å². The molecule has 1 aliphatic rings. The minimum atomic E-state index is -4.34. The first kappa shape index (κ1) is 15.6. The van der Waals surface area contributed by atoms with Crippen molar-refractivity contribution in [2.75, 3.05) is 18.5 Å². The van der Waals surface area contributed by atoms with E-state index in [-0.39, 0.29) is 6.10 Å². The molecule has 1 atom stereocenters. The zero-order valence-electron chi connectivity index (χ0n) is 11.1. The molecule has 1 aliphatic heterocycles. The SMILES string of the molecule is CC1(C)OCC(CNc2ccc(C(F)(F)F)cc2Br)O1. The first-order chi connectivity index (χ1) is 9.17. The third-order valence-electron chi connectivity index (χ3n) is 2.88. The molecule has 0 radical (unpaired) electrons. The first-order valence-electron chi connectivity index (χ1n) is 6.10. The van der Waals surface area contributed by atoms with Crippen LogP contribution in [-0.2, 0) is 15.7 Å². The fourth-order valence-electron chi connectivity index (χ4n) is 1.92. The van der Waals surface area contributed by atoms with Crippen LogP contribution in [0.15, 0.2) is 22.7 Å². The summed E-state index contributed by atoms with van der Waals surface area (Å²) in [6.07, 6.45) is -4.47. The van der Waals surface area contributed by atoms with E-state index in [0.717, 1.165) is 12.1 Å². The highest BCUT2D eigenvalue weighted by Gasteiger charge is 2.33. The lowest BCUT2D eigenvalue weighted by molar-refractivity contribution is -0.138. The minimum absolute atomic E-state index is 0.126. The Morgan fingerprint density at radius 1 is 1.40 bits per heavy atom. The van der Waals surface area contributed by atoms with Gasteiger partial charge in [-0.2, -0.15) is 13.2 Å². The average Bonchev–Trinajstić information content (AvgIpc) is 2.66. The van der Waals surface area contributed by atoms with Gasteiger partial charge >= 0.3 is 6.18 Å². The smallest absolute Gasteiger partial charge is 0.381 e. The highest BCUT2D eigenvalue weighted by molar-refractivity contribution is 9.10. The zero-order chi connectivity index (χ0) is 15.0. The molecule has 1 unspecified atom stereocenters. The zero-order valence-corrected chi connectivity index (χ0v) is 12.6. The van der Waals surface area contributed by atoms with Gasteiger partial charge in [0.25, 0.3) is 0 Å². The second-order valence-corrected chi connectivity index (χ2v) is 5.88. The number of anilines is 1. The average molecular weight is 354 g/mol. The lowest BCUT2D eigenvalue weighted by atomic mass is 10.2. The molecule has 0 bridgehead atoms. The van der Waals surface area contributed by atoms with Crippen LogP contribution in [0.5, 0.6) is 0 Å². The van der Waals surface area contributed by atoms with Gasteiger partial charge in [0.05, 0.1) is 12.2 Å². The van der Waals surface area contributed by atoms with Crippen LogP contribution in [0.4, 0.5) is 18.9 Å². The number of alkyl halides is 3. The molecular formula is C13H15BrF3NO2. The predicted molar refractivity (Wildman–Crippen MR) is 72.5 cm³/mol. The van der Waals surface area contributed by atoms with Gasteiger partial charge < -0.3 is 14.8 Å². The highest BCUT2D eigenvalue weighted by Crippen LogP contribution is 2.34. The van der Waals surface area contributed by atoms with E-state index in [2.05, 4.69) is 21.2 Å². The van der Waals surface area contributed by atoms with Crippen LogP contribution >= 0.6 is 15.9 Å². The number of hydrogen-bond donors (Lipinski definition) is 1. The fraction of sp³-hybridized carbons (Fsp3) is 0.538. The van der Waals surface area contributed by atoms with E-state index in [1.807, 2.05) is 13.8 Å². The summed E-state index contributed by atoms with van der Waals surface area (Å²) in [6.45, 7) is 4.56. The summed E-state index contributed by atoms with van der Waals surface area (Å²) in [5.74, 6) is -0.607. The molecule has 1 aromatic carbocycles. The number of rotatable bonds is 3. The van der Waals surface area contributed by atoms with E-state index in [1.165, 1.54) is 6.07 Å². The Balaban J connectivity index is 1.97. The van der Waals surface area contributed by atoms with Gasteiger partial charge in [-0.1, -0.05) is 0 Å². The summed E-state index contributed by atoms with van der Waals surface area (Å²) < 4.78 is 49.0. The van der Waals surface area contributed by atoms with Crippen LogP contribution in [0, 0.1) is 0 Å². The Morgan fingerprint density at radius 3 is 2.60 bits per heavy atom. The Hall–Kier alpha value is -0.790. The Labute approximate surface area is 123 Å². The third-order valence-corrected chi connectivity index (χ3v) is 3.54. The largest absolute Gasteiger partial charge is 0.416 e. The summed E-state index contributed by atoms with van der Waals surface area (Å²) in [5, 5.41) is 3.05. The second kappa shape index (κ2) is 5.54. The lowest BCUT2D eigenvalue weighted by Crippen LogP contribution is -2.26. The maximum atomic E-state index is 12.5. The van der Waals surface area contributed by atoms with Crippen molar-refractivity contribution in [1.29, 1.82) is 0 Å². The number of nitrogens with one attached hydrogen (secondary N) is 1.